The minimum atomic E-state index is -0.650. The second-order valence-corrected chi connectivity index (χ2v) is 7.05. The van der Waals surface area contributed by atoms with Gasteiger partial charge in [-0.15, -0.1) is 0 Å². The predicted molar refractivity (Wildman–Crippen MR) is 108 cm³/mol. The van der Waals surface area contributed by atoms with Gasteiger partial charge in [-0.25, -0.2) is 13.8 Å². The van der Waals surface area contributed by atoms with Crippen LogP contribution in [0.2, 0.25) is 0 Å². The van der Waals surface area contributed by atoms with E-state index in [2.05, 4.69) is 16.9 Å². The molecular formula is C22H20F2N4O. The molecule has 0 spiro atoms. The van der Waals surface area contributed by atoms with Gasteiger partial charge in [0.15, 0.2) is 0 Å². The fourth-order valence-corrected chi connectivity index (χ4v) is 3.69. The van der Waals surface area contributed by atoms with Gasteiger partial charge in [0.05, 0.1) is 12.0 Å². The van der Waals surface area contributed by atoms with E-state index in [1.165, 1.54) is 18.2 Å². The number of amides is 1. The first-order chi connectivity index (χ1) is 13.9. The third-order valence-electron chi connectivity index (χ3n) is 4.99. The summed E-state index contributed by atoms with van der Waals surface area (Å²) in [6.07, 6.45) is 5.57. The Morgan fingerprint density at radius 3 is 2.66 bits per heavy atom. The highest BCUT2D eigenvalue weighted by Gasteiger charge is 2.24. The third-order valence-corrected chi connectivity index (χ3v) is 4.99. The quantitative estimate of drug-likeness (QED) is 0.676. The normalized spacial score (nSPS) is 13.1. The Morgan fingerprint density at radius 1 is 1.24 bits per heavy atom. The average Bonchev–Trinajstić information content (AvgIpc) is 3.11. The van der Waals surface area contributed by atoms with Crippen molar-refractivity contribution >= 4 is 17.3 Å². The van der Waals surface area contributed by atoms with Crippen LogP contribution in [0.5, 0.6) is 0 Å². The Labute approximate surface area is 167 Å². The summed E-state index contributed by atoms with van der Waals surface area (Å²) in [5.41, 5.74) is 4.74. The monoisotopic (exact) mass is 394 g/mol. The second-order valence-electron chi connectivity index (χ2n) is 7.05. The maximum Gasteiger partial charge on any atom is 0.246 e. The van der Waals surface area contributed by atoms with Gasteiger partial charge in [-0.2, -0.15) is 0 Å². The molecule has 0 saturated heterocycles. The molecule has 29 heavy (non-hydrogen) atoms. The van der Waals surface area contributed by atoms with Crippen LogP contribution in [0.4, 0.5) is 20.2 Å². The number of hydrogen-bond donors (Lipinski definition) is 1. The van der Waals surface area contributed by atoms with Crippen LogP contribution < -0.4 is 5.32 Å². The van der Waals surface area contributed by atoms with Crippen molar-refractivity contribution in [1.29, 1.82) is 0 Å². The topological polar surface area (TPSA) is 50.2 Å². The number of benzene rings is 2. The Hall–Kier alpha value is -3.48. The van der Waals surface area contributed by atoms with Crippen LogP contribution in [0.1, 0.15) is 11.1 Å². The Morgan fingerprint density at radius 2 is 2.00 bits per heavy atom. The van der Waals surface area contributed by atoms with Crippen molar-refractivity contribution in [2.45, 2.75) is 13.0 Å². The summed E-state index contributed by atoms with van der Waals surface area (Å²) in [6.45, 7) is 4.61. The SMILES string of the molecule is C=CC(=O)N1CCc2c(ccc(Nc3cc(F)cc(F)c3)c2-c2cn(C)cn2)C1. The maximum absolute atomic E-state index is 13.6. The van der Waals surface area contributed by atoms with Crippen molar-refractivity contribution in [2.24, 2.45) is 7.05 Å². The zero-order chi connectivity index (χ0) is 20.5. The van der Waals surface area contributed by atoms with Crippen LogP contribution in [0, 0.1) is 11.6 Å². The van der Waals surface area contributed by atoms with Gasteiger partial charge in [0.1, 0.15) is 11.6 Å². The van der Waals surface area contributed by atoms with E-state index in [-0.39, 0.29) is 5.91 Å². The third kappa shape index (κ3) is 3.76. The van der Waals surface area contributed by atoms with Gasteiger partial charge >= 0.3 is 0 Å². The maximum atomic E-state index is 13.6. The van der Waals surface area contributed by atoms with Gasteiger partial charge in [0.2, 0.25) is 5.91 Å². The number of carbonyl (C=O) groups is 1. The predicted octanol–water partition coefficient (Wildman–Crippen LogP) is 4.18. The van der Waals surface area contributed by atoms with E-state index in [1.807, 2.05) is 29.9 Å². The molecule has 4 rings (SSSR count). The molecule has 1 aliphatic heterocycles. The van der Waals surface area contributed by atoms with Crippen molar-refractivity contribution in [3.8, 4) is 11.3 Å². The van der Waals surface area contributed by atoms with Gasteiger partial charge in [-0.3, -0.25) is 4.79 Å². The Bertz CT molecular complexity index is 1090. The fourth-order valence-electron chi connectivity index (χ4n) is 3.69. The first-order valence-corrected chi connectivity index (χ1v) is 9.22. The van der Waals surface area contributed by atoms with E-state index in [1.54, 1.807) is 11.2 Å². The highest BCUT2D eigenvalue weighted by Crippen LogP contribution is 2.37. The van der Waals surface area contributed by atoms with E-state index in [0.717, 1.165) is 28.5 Å². The van der Waals surface area contributed by atoms with Crippen molar-refractivity contribution in [2.75, 3.05) is 11.9 Å². The number of nitrogens with zero attached hydrogens (tertiary/aromatic N) is 3. The van der Waals surface area contributed by atoms with E-state index >= 15 is 0 Å². The molecule has 0 atom stereocenters. The lowest BCUT2D eigenvalue weighted by molar-refractivity contribution is -0.126. The lowest BCUT2D eigenvalue weighted by Crippen LogP contribution is -2.35. The van der Waals surface area contributed by atoms with E-state index in [9.17, 15) is 13.6 Å². The number of aryl methyl sites for hydroxylation is 1. The van der Waals surface area contributed by atoms with Gasteiger partial charge < -0.3 is 14.8 Å². The van der Waals surface area contributed by atoms with Gasteiger partial charge in [0.25, 0.3) is 0 Å². The van der Waals surface area contributed by atoms with Crippen LogP contribution in [0.15, 0.2) is 55.5 Å². The number of aromatic nitrogens is 2. The lowest BCUT2D eigenvalue weighted by Gasteiger charge is -2.30. The number of hydrogen-bond acceptors (Lipinski definition) is 3. The molecule has 2 heterocycles. The zero-order valence-electron chi connectivity index (χ0n) is 16.0. The summed E-state index contributed by atoms with van der Waals surface area (Å²) >= 11 is 0. The van der Waals surface area contributed by atoms with E-state index < -0.39 is 11.6 Å². The Balaban J connectivity index is 1.80. The van der Waals surface area contributed by atoms with Gasteiger partial charge in [-0.1, -0.05) is 12.6 Å². The highest BCUT2D eigenvalue weighted by atomic mass is 19.1. The summed E-state index contributed by atoms with van der Waals surface area (Å²) < 4.78 is 29.1. The molecule has 0 bridgehead atoms. The zero-order valence-corrected chi connectivity index (χ0v) is 16.0. The van der Waals surface area contributed by atoms with Crippen molar-refractivity contribution in [1.82, 2.24) is 14.5 Å². The summed E-state index contributed by atoms with van der Waals surface area (Å²) in [5, 5.41) is 3.13. The van der Waals surface area contributed by atoms with Crippen molar-refractivity contribution in [3.63, 3.8) is 0 Å². The highest BCUT2D eigenvalue weighted by molar-refractivity contribution is 5.88. The molecule has 0 unspecified atom stereocenters. The Kier molecular flexibility index (Phi) is 4.88. The molecule has 1 amide bonds. The molecule has 148 valence electrons. The molecule has 0 saturated carbocycles. The van der Waals surface area contributed by atoms with Crippen molar-refractivity contribution < 1.29 is 13.6 Å². The van der Waals surface area contributed by atoms with Crippen LogP contribution in [0.25, 0.3) is 11.3 Å². The van der Waals surface area contributed by atoms with Crippen LogP contribution >= 0.6 is 0 Å². The van der Waals surface area contributed by atoms with E-state index in [4.69, 9.17) is 0 Å². The largest absolute Gasteiger partial charge is 0.355 e. The summed E-state index contributed by atoms with van der Waals surface area (Å²) in [5.74, 6) is -1.40. The number of fused-ring (bicyclic) bond motifs is 1. The van der Waals surface area contributed by atoms with Gasteiger partial charge in [0, 0.05) is 49.3 Å². The number of rotatable bonds is 4. The molecule has 0 radical (unpaired) electrons. The standard InChI is InChI=1S/C22H20F2N4O/c1-3-21(29)28-7-6-18-14(11-28)4-5-19(22(18)20-12-27(2)13-25-20)26-17-9-15(23)8-16(24)10-17/h3-5,8-10,12-13,26H,1,6-7,11H2,2H3. The number of nitrogens with one attached hydrogen (secondary N) is 1. The molecule has 1 aliphatic rings. The van der Waals surface area contributed by atoms with Crippen molar-refractivity contribution in [3.05, 3.63) is 78.3 Å². The summed E-state index contributed by atoms with van der Waals surface area (Å²) in [7, 11) is 1.88. The van der Waals surface area contributed by atoms with Crippen LogP contribution in [-0.4, -0.2) is 26.9 Å². The average molecular weight is 394 g/mol. The number of carbonyl (C=O) groups excluding carboxylic acids is 1. The lowest BCUT2D eigenvalue weighted by atomic mass is 9.91. The number of imidazole rings is 1. The molecular weight excluding hydrogens is 374 g/mol. The minimum absolute atomic E-state index is 0.104. The molecule has 7 heteroatoms. The molecule has 1 N–H and O–H groups in total. The molecule has 3 aromatic rings. The fraction of sp³-hybridized carbons (Fsp3) is 0.182. The first kappa shape index (κ1) is 18.9. The minimum Gasteiger partial charge on any atom is -0.355 e. The molecule has 0 fully saturated rings. The van der Waals surface area contributed by atoms with Gasteiger partial charge in [-0.05, 0) is 41.8 Å². The smallest absolute Gasteiger partial charge is 0.246 e. The van der Waals surface area contributed by atoms with Crippen LogP contribution in [-0.2, 0) is 24.8 Å². The van der Waals surface area contributed by atoms with Crippen LogP contribution in [0.3, 0.4) is 0 Å². The molecule has 5 nitrogen and oxygen atoms in total. The molecule has 2 aromatic carbocycles. The first-order valence-electron chi connectivity index (χ1n) is 9.22. The number of halogens is 2. The summed E-state index contributed by atoms with van der Waals surface area (Å²) in [4.78, 5) is 18.2. The molecule has 1 aromatic heterocycles. The summed E-state index contributed by atoms with van der Waals surface area (Å²) in [6, 6.07) is 7.11. The number of anilines is 2. The molecule has 0 aliphatic carbocycles. The second kappa shape index (κ2) is 7.50. The van der Waals surface area contributed by atoms with E-state index in [0.29, 0.717) is 30.9 Å².